The van der Waals surface area contributed by atoms with Gasteiger partial charge in [0.2, 0.25) is 5.91 Å². The number of nitrogens with one attached hydrogen (secondary N) is 1. The number of carbonyl (C=O) groups excluding carboxylic acids is 1. The Morgan fingerprint density at radius 3 is 2.58 bits per heavy atom. The van der Waals surface area contributed by atoms with E-state index < -0.39 is 23.9 Å². The SMILES string of the molecule is O=C(O)CCC(NC(=O)Cc1cccnc1)C(=O)O. The Labute approximate surface area is 109 Å². The molecule has 7 heteroatoms. The van der Waals surface area contributed by atoms with Gasteiger partial charge in [-0.2, -0.15) is 0 Å². The standard InChI is InChI=1S/C12H14N2O5/c15-10(6-8-2-1-5-13-7-8)14-9(12(18)19)3-4-11(16)17/h1-2,5,7,9H,3-4,6H2,(H,14,15)(H,16,17)(H,18,19). The number of aromatic nitrogens is 1. The lowest BCUT2D eigenvalue weighted by Crippen LogP contribution is -2.41. The normalized spacial score (nSPS) is 11.6. The lowest BCUT2D eigenvalue weighted by Gasteiger charge is -2.13. The predicted octanol–water partition coefficient (Wildman–Crippen LogP) is 0.0583. The first-order valence-electron chi connectivity index (χ1n) is 5.62. The highest BCUT2D eigenvalue weighted by Gasteiger charge is 2.20. The predicted molar refractivity (Wildman–Crippen MR) is 64.4 cm³/mol. The van der Waals surface area contributed by atoms with Gasteiger partial charge in [0.25, 0.3) is 0 Å². The highest BCUT2D eigenvalue weighted by atomic mass is 16.4. The number of hydrogen-bond acceptors (Lipinski definition) is 4. The average Bonchev–Trinajstić information content (AvgIpc) is 2.35. The summed E-state index contributed by atoms with van der Waals surface area (Å²) in [4.78, 5) is 36.7. The number of carboxylic acids is 2. The summed E-state index contributed by atoms with van der Waals surface area (Å²) in [5.74, 6) is -2.83. The van der Waals surface area contributed by atoms with Crippen molar-refractivity contribution in [3.63, 3.8) is 0 Å². The van der Waals surface area contributed by atoms with E-state index in [9.17, 15) is 14.4 Å². The number of carboxylic acid groups (broad SMARTS) is 2. The van der Waals surface area contributed by atoms with Gasteiger partial charge >= 0.3 is 11.9 Å². The van der Waals surface area contributed by atoms with Crippen LogP contribution in [0.5, 0.6) is 0 Å². The van der Waals surface area contributed by atoms with E-state index in [2.05, 4.69) is 10.3 Å². The molecule has 0 spiro atoms. The Morgan fingerprint density at radius 1 is 1.32 bits per heavy atom. The smallest absolute Gasteiger partial charge is 0.326 e. The quantitative estimate of drug-likeness (QED) is 0.642. The summed E-state index contributed by atoms with van der Waals surface area (Å²) < 4.78 is 0. The molecule has 0 aromatic carbocycles. The third kappa shape index (κ3) is 5.62. The summed E-state index contributed by atoms with van der Waals surface area (Å²) in [5, 5.41) is 19.7. The van der Waals surface area contributed by atoms with Crippen LogP contribution >= 0.6 is 0 Å². The van der Waals surface area contributed by atoms with Gasteiger partial charge in [0.1, 0.15) is 6.04 Å². The molecular weight excluding hydrogens is 252 g/mol. The first kappa shape index (κ1) is 14.6. The van der Waals surface area contributed by atoms with E-state index >= 15 is 0 Å². The Kier molecular flexibility index (Phi) is 5.46. The van der Waals surface area contributed by atoms with Crippen LogP contribution < -0.4 is 5.32 Å². The summed E-state index contributed by atoms with van der Waals surface area (Å²) in [6, 6.07) is 2.17. The van der Waals surface area contributed by atoms with Crippen molar-refractivity contribution in [2.24, 2.45) is 0 Å². The van der Waals surface area contributed by atoms with Crippen molar-refractivity contribution in [2.45, 2.75) is 25.3 Å². The van der Waals surface area contributed by atoms with Gasteiger partial charge in [-0.05, 0) is 18.1 Å². The van der Waals surface area contributed by atoms with Crippen LogP contribution in [-0.4, -0.2) is 39.1 Å². The maximum absolute atomic E-state index is 11.6. The second-order valence-corrected chi connectivity index (χ2v) is 3.93. The van der Waals surface area contributed by atoms with E-state index in [4.69, 9.17) is 10.2 Å². The number of hydrogen-bond donors (Lipinski definition) is 3. The molecule has 1 unspecified atom stereocenters. The molecule has 1 heterocycles. The van der Waals surface area contributed by atoms with Crippen LogP contribution in [0.1, 0.15) is 18.4 Å². The van der Waals surface area contributed by atoms with Crippen molar-refractivity contribution in [1.29, 1.82) is 0 Å². The monoisotopic (exact) mass is 266 g/mol. The van der Waals surface area contributed by atoms with Gasteiger partial charge in [-0.25, -0.2) is 4.79 Å². The van der Waals surface area contributed by atoms with Crippen molar-refractivity contribution in [1.82, 2.24) is 10.3 Å². The van der Waals surface area contributed by atoms with Crippen molar-refractivity contribution < 1.29 is 24.6 Å². The van der Waals surface area contributed by atoms with Crippen LogP contribution in [0.2, 0.25) is 0 Å². The molecule has 7 nitrogen and oxygen atoms in total. The third-order valence-corrected chi connectivity index (χ3v) is 2.37. The van der Waals surface area contributed by atoms with Gasteiger partial charge in [-0.1, -0.05) is 6.07 Å². The second kappa shape index (κ2) is 7.10. The largest absolute Gasteiger partial charge is 0.481 e. The van der Waals surface area contributed by atoms with Gasteiger partial charge in [-0.3, -0.25) is 14.6 Å². The fourth-order valence-electron chi connectivity index (χ4n) is 1.46. The lowest BCUT2D eigenvalue weighted by molar-refractivity contribution is -0.143. The first-order valence-corrected chi connectivity index (χ1v) is 5.62. The fraction of sp³-hybridized carbons (Fsp3) is 0.333. The highest BCUT2D eigenvalue weighted by molar-refractivity contribution is 5.85. The van der Waals surface area contributed by atoms with Crippen LogP contribution in [-0.2, 0) is 20.8 Å². The molecule has 102 valence electrons. The molecule has 0 aliphatic heterocycles. The summed E-state index contributed by atoms with van der Waals surface area (Å²) in [6.45, 7) is 0. The Morgan fingerprint density at radius 2 is 2.05 bits per heavy atom. The number of pyridine rings is 1. The number of aliphatic carboxylic acids is 2. The zero-order valence-electron chi connectivity index (χ0n) is 10.1. The van der Waals surface area contributed by atoms with Gasteiger partial charge in [0.05, 0.1) is 6.42 Å². The second-order valence-electron chi connectivity index (χ2n) is 3.93. The number of carbonyl (C=O) groups is 3. The molecule has 1 amide bonds. The third-order valence-electron chi connectivity index (χ3n) is 2.37. The van der Waals surface area contributed by atoms with Crippen LogP contribution in [0.15, 0.2) is 24.5 Å². The maximum Gasteiger partial charge on any atom is 0.326 e. The van der Waals surface area contributed by atoms with Gasteiger partial charge in [0.15, 0.2) is 0 Å². The molecule has 3 N–H and O–H groups in total. The maximum atomic E-state index is 11.6. The molecular formula is C12H14N2O5. The molecule has 0 aliphatic rings. The van der Waals surface area contributed by atoms with Crippen molar-refractivity contribution in [2.75, 3.05) is 0 Å². The molecule has 0 saturated carbocycles. The molecule has 0 bridgehead atoms. The van der Waals surface area contributed by atoms with Crippen molar-refractivity contribution in [3.8, 4) is 0 Å². The lowest BCUT2D eigenvalue weighted by atomic mass is 10.1. The van der Waals surface area contributed by atoms with E-state index in [0.29, 0.717) is 5.56 Å². The molecule has 1 aromatic rings. The van der Waals surface area contributed by atoms with E-state index in [0.717, 1.165) is 0 Å². The Hall–Kier alpha value is -2.44. The molecule has 0 aliphatic carbocycles. The molecule has 1 rings (SSSR count). The number of rotatable bonds is 7. The molecule has 0 fully saturated rings. The molecule has 1 atom stereocenters. The van der Waals surface area contributed by atoms with E-state index in [1.165, 1.54) is 6.20 Å². The zero-order chi connectivity index (χ0) is 14.3. The van der Waals surface area contributed by atoms with Crippen LogP contribution in [0.25, 0.3) is 0 Å². The molecule has 0 saturated heterocycles. The molecule has 0 radical (unpaired) electrons. The van der Waals surface area contributed by atoms with E-state index in [1.807, 2.05) is 0 Å². The summed E-state index contributed by atoms with van der Waals surface area (Å²) in [6.07, 6.45) is 2.61. The minimum absolute atomic E-state index is 0.00465. The summed E-state index contributed by atoms with van der Waals surface area (Å²) >= 11 is 0. The topological polar surface area (TPSA) is 117 Å². The van der Waals surface area contributed by atoms with Crippen LogP contribution in [0, 0.1) is 0 Å². The molecule has 19 heavy (non-hydrogen) atoms. The minimum Gasteiger partial charge on any atom is -0.481 e. The van der Waals surface area contributed by atoms with Gasteiger partial charge in [-0.15, -0.1) is 0 Å². The first-order chi connectivity index (χ1) is 8.99. The van der Waals surface area contributed by atoms with Crippen LogP contribution in [0.3, 0.4) is 0 Å². The van der Waals surface area contributed by atoms with Crippen molar-refractivity contribution in [3.05, 3.63) is 30.1 Å². The fourth-order valence-corrected chi connectivity index (χ4v) is 1.46. The van der Waals surface area contributed by atoms with E-state index in [-0.39, 0.29) is 19.3 Å². The number of nitrogens with zero attached hydrogens (tertiary/aromatic N) is 1. The summed E-state index contributed by atoms with van der Waals surface area (Å²) in [5.41, 5.74) is 0.655. The van der Waals surface area contributed by atoms with Gasteiger partial charge < -0.3 is 15.5 Å². The Balaban J connectivity index is 2.52. The Bertz CT molecular complexity index is 460. The van der Waals surface area contributed by atoms with Crippen LogP contribution in [0.4, 0.5) is 0 Å². The van der Waals surface area contributed by atoms with Crippen molar-refractivity contribution >= 4 is 17.8 Å². The highest BCUT2D eigenvalue weighted by Crippen LogP contribution is 2.01. The van der Waals surface area contributed by atoms with E-state index in [1.54, 1.807) is 18.3 Å². The number of amides is 1. The van der Waals surface area contributed by atoms with Gasteiger partial charge in [0, 0.05) is 18.8 Å². The minimum atomic E-state index is -1.25. The summed E-state index contributed by atoms with van der Waals surface area (Å²) in [7, 11) is 0. The zero-order valence-corrected chi connectivity index (χ0v) is 10.1. The molecule has 1 aromatic heterocycles. The average molecular weight is 266 g/mol.